The Bertz CT molecular complexity index is 1140. The SMILES string of the molecule is CCOc1ccc(C2=C(Nc3cccc(F)c3)C(=O)N(Cc3ccccn3)C2=O)cc1. The van der Waals surface area contributed by atoms with Crippen molar-refractivity contribution in [3.8, 4) is 5.75 Å². The van der Waals surface area contributed by atoms with Crippen molar-refractivity contribution in [2.24, 2.45) is 0 Å². The van der Waals surface area contributed by atoms with E-state index < -0.39 is 17.6 Å². The first-order valence-electron chi connectivity index (χ1n) is 9.83. The highest BCUT2D eigenvalue weighted by atomic mass is 19.1. The number of nitrogens with one attached hydrogen (secondary N) is 1. The number of halogens is 1. The van der Waals surface area contributed by atoms with E-state index >= 15 is 0 Å². The van der Waals surface area contributed by atoms with Crippen molar-refractivity contribution >= 4 is 23.1 Å². The van der Waals surface area contributed by atoms with Crippen LogP contribution >= 0.6 is 0 Å². The molecule has 156 valence electrons. The summed E-state index contributed by atoms with van der Waals surface area (Å²) < 4.78 is 19.1. The first-order chi connectivity index (χ1) is 15.1. The predicted molar refractivity (Wildman–Crippen MR) is 114 cm³/mol. The van der Waals surface area contributed by atoms with Crippen molar-refractivity contribution in [1.29, 1.82) is 0 Å². The molecule has 3 aromatic rings. The molecule has 2 heterocycles. The lowest BCUT2D eigenvalue weighted by Gasteiger charge is -2.14. The van der Waals surface area contributed by atoms with Crippen molar-refractivity contribution < 1.29 is 18.7 Å². The Morgan fingerprint density at radius 1 is 1.00 bits per heavy atom. The van der Waals surface area contributed by atoms with Crippen molar-refractivity contribution in [2.45, 2.75) is 13.5 Å². The Kier molecular flexibility index (Phi) is 5.75. The molecular weight excluding hydrogens is 397 g/mol. The number of hydrogen-bond acceptors (Lipinski definition) is 5. The molecular formula is C24H20FN3O3. The first-order valence-corrected chi connectivity index (χ1v) is 9.83. The fourth-order valence-electron chi connectivity index (χ4n) is 3.35. The monoisotopic (exact) mass is 417 g/mol. The number of pyridine rings is 1. The number of benzene rings is 2. The maximum Gasteiger partial charge on any atom is 0.278 e. The third-order valence-corrected chi connectivity index (χ3v) is 4.76. The van der Waals surface area contributed by atoms with Crippen molar-refractivity contribution in [3.63, 3.8) is 0 Å². The molecule has 0 saturated carbocycles. The normalized spacial score (nSPS) is 13.7. The molecule has 1 aliphatic heterocycles. The standard InChI is InChI=1S/C24H20FN3O3/c1-2-31-20-11-9-16(10-12-20)21-22(27-18-8-5-6-17(25)14-18)24(30)28(23(21)29)15-19-7-3-4-13-26-19/h3-14,27H,2,15H2,1H3. The van der Waals surface area contributed by atoms with Gasteiger partial charge in [-0.1, -0.05) is 24.3 Å². The van der Waals surface area contributed by atoms with E-state index in [1.165, 1.54) is 18.2 Å². The highest BCUT2D eigenvalue weighted by Crippen LogP contribution is 2.32. The summed E-state index contributed by atoms with van der Waals surface area (Å²) in [5.41, 5.74) is 1.83. The van der Waals surface area contributed by atoms with Crippen LogP contribution in [0.5, 0.6) is 5.75 Å². The zero-order valence-electron chi connectivity index (χ0n) is 16.8. The molecule has 0 radical (unpaired) electrons. The van der Waals surface area contributed by atoms with Gasteiger partial charge >= 0.3 is 0 Å². The Morgan fingerprint density at radius 2 is 1.81 bits per heavy atom. The average Bonchev–Trinajstić information content (AvgIpc) is 3.00. The number of nitrogens with zero attached hydrogens (tertiary/aromatic N) is 2. The van der Waals surface area contributed by atoms with E-state index in [1.807, 2.05) is 6.92 Å². The van der Waals surface area contributed by atoms with Crippen molar-refractivity contribution in [2.75, 3.05) is 11.9 Å². The smallest absolute Gasteiger partial charge is 0.278 e. The summed E-state index contributed by atoms with van der Waals surface area (Å²) in [6, 6.07) is 18.0. The zero-order valence-corrected chi connectivity index (χ0v) is 16.8. The molecule has 0 spiro atoms. The third-order valence-electron chi connectivity index (χ3n) is 4.76. The van der Waals surface area contributed by atoms with Gasteiger partial charge in [-0.05, 0) is 55.0 Å². The van der Waals surface area contributed by atoms with Gasteiger partial charge in [0.15, 0.2) is 0 Å². The lowest BCUT2D eigenvalue weighted by molar-refractivity contribution is -0.137. The van der Waals surface area contributed by atoms with Crippen LogP contribution in [-0.2, 0) is 16.1 Å². The van der Waals surface area contributed by atoms with Crippen molar-refractivity contribution in [3.05, 3.63) is 95.7 Å². The second-order valence-corrected chi connectivity index (χ2v) is 6.86. The van der Waals surface area contributed by atoms with Gasteiger partial charge in [0.25, 0.3) is 11.8 Å². The lowest BCUT2D eigenvalue weighted by atomic mass is 10.0. The molecule has 6 nitrogen and oxygen atoms in total. The Hall–Kier alpha value is -4.00. The molecule has 4 rings (SSSR count). The minimum atomic E-state index is -0.496. The van der Waals surface area contributed by atoms with Crippen LogP contribution < -0.4 is 10.1 Å². The summed E-state index contributed by atoms with van der Waals surface area (Å²) in [7, 11) is 0. The molecule has 0 saturated heterocycles. The van der Waals surface area contributed by atoms with E-state index in [1.54, 1.807) is 54.7 Å². The molecule has 0 bridgehead atoms. The second-order valence-electron chi connectivity index (χ2n) is 6.86. The minimum Gasteiger partial charge on any atom is -0.494 e. The zero-order chi connectivity index (χ0) is 21.8. The molecule has 0 fully saturated rings. The van der Waals surface area contributed by atoms with E-state index in [9.17, 15) is 14.0 Å². The maximum absolute atomic E-state index is 13.7. The van der Waals surface area contributed by atoms with Gasteiger partial charge in [0.2, 0.25) is 0 Å². The summed E-state index contributed by atoms with van der Waals surface area (Å²) in [4.78, 5) is 31.8. The average molecular weight is 417 g/mol. The fourth-order valence-corrected chi connectivity index (χ4v) is 3.35. The lowest BCUT2D eigenvalue weighted by Crippen LogP contribution is -2.32. The van der Waals surface area contributed by atoms with Crippen LogP contribution in [0.2, 0.25) is 0 Å². The summed E-state index contributed by atoms with van der Waals surface area (Å²) in [5, 5.41) is 2.94. The number of amides is 2. The van der Waals surface area contributed by atoms with E-state index in [-0.39, 0.29) is 17.8 Å². The molecule has 1 aliphatic rings. The summed E-state index contributed by atoms with van der Waals surface area (Å²) >= 11 is 0. The summed E-state index contributed by atoms with van der Waals surface area (Å²) in [5.74, 6) is -0.730. The van der Waals surface area contributed by atoms with Gasteiger partial charge in [0.1, 0.15) is 17.3 Å². The van der Waals surface area contributed by atoms with Crippen LogP contribution in [0, 0.1) is 5.82 Å². The Labute approximate surface area is 179 Å². The van der Waals surface area contributed by atoms with E-state index in [2.05, 4.69) is 10.3 Å². The van der Waals surface area contributed by atoms with Crippen LogP contribution in [0.15, 0.2) is 78.6 Å². The number of ether oxygens (including phenoxy) is 1. The largest absolute Gasteiger partial charge is 0.494 e. The molecule has 7 heteroatoms. The summed E-state index contributed by atoms with van der Waals surface area (Å²) in [6.45, 7) is 2.43. The molecule has 1 N–H and O–H groups in total. The quantitative estimate of drug-likeness (QED) is 0.588. The van der Waals surface area contributed by atoms with Crippen molar-refractivity contribution in [1.82, 2.24) is 9.88 Å². The van der Waals surface area contributed by atoms with Gasteiger partial charge < -0.3 is 10.1 Å². The molecule has 2 amide bonds. The predicted octanol–water partition coefficient (Wildman–Crippen LogP) is 4.01. The number of anilines is 1. The number of imide groups is 1. The molecule has 0 atom stereocenters. The van der Waals surface area contributed by atoms with Crippen LogP contribution in [0.25, 0.3) is 5.57 Å². The van der Waals surface area contributed by atoms with Gasteiger partial charge in [-0.15, -0.1) is 0 Å². The van der Waals surface area contributed by atoms with Gasteiger partial charge in [-0.3, -0.25) is 19.5 Å². The van der Waals surface area contributed by atoms with Crippen LogP contribution in [0.1, 0.15) is 18.2 Å². The van der Waals surface area contributed by atoms with Gasteiger partial charge in [0, 0.05) is 11.9 Å². The summed E-state index contributed by atoms with van der Waals surface area (Å²) in [6.07, 6.45) is 1.60. The Balaban J connectivity index is 1.73. The topological polar surface area (TPSA) is 71.5 Å². The van der Waals surface area contributed by atoms with E-state index in [4.69, 9.17) is 4.74 Å². The van der Waals surface area contributed by atoms with Crippen LogP contribution in [0.4, 0.5) is 10.1 Å². The maximum atomic E-state index is 13.7. The molecule has 31 heavy (non-hydrogen) atoms. The van der Waals surface area contributed by atoms with Gasteiger partial charge in [-0.2, -0.15) is 0 Å². The van der Waals surface area contributed by atoms with E-state index in [0.29, 0.717) is 29.3 Å². The highest BCUT2D eigenvalue weighted by molar-refractivity contribution is 6.36. The molecule has 0 unspecified atom stereocenters. The van der Waals surface area contributed by atoms with Gasteiger partial charge in [-0.25, -0.2) is 4.39 Å². The van der Waals surface area contributed by atoms with Crippen LogP contribution in [-0.4, -0.2) is 28.3 Å². The fraction of sp³-hybridized carbons (Fsp3) is 0.125. The first kappa shape index (κ1) is 20.3. The van der Waals surface area contributed by atoms with Gasteiger partial charge in [0.05, 0.1) is 24.4 Å². The number of rotatable bonds is 7. The number of carbonyl (C=O) groups is 2. The van der Waals surface area contributed by atoms with Crippen LogP contribution in [0.3, 0.4) is 0 Å². The third kappa shape index (κ3) is 4.30. The molecule has 0 aliphatic carbocycles. The number of aromatic nitrogens is 1. The second kappa shape index (κ2) is 8.79. The molecule has 1 aromatic heterocycles. The molecule has 2 aromatic carbocycles. The van der Waals surface area contributed by atoms with E-state index in [0.717, 1.165) is 4.90 Å². The minimum absolute atomic E-state index is 0.0351. The highest BCUT2D eigenvalue weighted by Gasteiger charge is 2.39. The number of carbonyl (C=O) groups excluding carboxylic acids is 2. The number of hydrogen-bond donors (Lipinski definition) is 1. The Morgan fingerprint density at radius 3 is 2.48 bits per heavy atom.